The SMILES string of the molecule is Cc1cc(C(F)(F)F)ccc1C(C)(O)c1ccccc1F. The van der Waals surface area contributed by atoms with Crippen LogP contribution in [-0.4, -0.2) is 5.11 Å². The van der Waals surface area contributed by atoms with Crippen LogP contribution in [0.3, 0.4) is 0 Å². The number of benzene rings is 2. The number of hydrogen-bond acceptors (Lipinski definition) is 1. The number of hydrogen-bond donors (Lipinski definition) is 1. The summed E-state index contributed by atoms with van der Waals surface area (Å²) in [5.41, 5.74) is -2.00. The molecule has 112 valence electrons. The van der Waals surface area contributed by atoms with Crippen LogP contribution in [0.25, 0.3) is 0 Å². The Kier molecular flexibility index (Phi) is 3.80. The van der Waals surface area contributed by atoms with E-state index in [1.165, 1.54) is 38.1 Å². The summed E-state index contributed by atoms with van der Waals surface area (Å²) in [5, 5.41) is 10.6. The van der Waals surface area contributed by atoms with E-state index in [-0.39, 0.29) is 16.7 Å². The molecule has 2 aromatic carbocycles. The molecule has 5 heteroatoms. The van der Waals surface area contributed by atoms with Crippen LogP contribution in [0.4, 0.5) is 17.6 Å². The smallest absolute Gasteiger partial charge is 0.381 e. The normalized spacial score (nSPS) is 14.8. The molecule has 0 aromatic heterocycles. The topological polar surface area (TPSA) is 20.2 Å². The van der Waals surface area contributed by atoms with Crippen LogP contribution in [0.1, 0.15) is 29.2 Å². The largest absolute Gasteiger partial charge is 0.416 e. The molecule has 1 N–H and O–H groups in total. The van der Waals surface area contributed by atoms with Gasteiger partial charge in [0, 0.05) is 5.56 Å². The van der Waals surface area contributed by atoms with Crippen molar-refractivity contribution in [2.75, 3.05) is 0 Å². The summed E-state index contributed by atoms with van der Waals surface area (Å²) in [5.74, 6) is -0.609. The van der Waals surface area contributed by atoms with E-state index in [1.807, 2.05) is 0 Å². The average molecular weight is 298 g/mol. The Morgan fingerprint density at radius 3 is 2.10 bits per heavy atom. The van der Waals surface area contributed by atoms with Gasteiger partial charge in [0.2, 0.25) is 0 Å². The van der Waals surface area contributed by atoms with Crippen molar-refractivity contribution in [1.29, 1.82) is 0 Å². The molecule has 0 bridgehead atoms. The fraction of sp³-hybridized carbons (Fsp3) is 0.250. The second-order valence-corrected chi connectivity index (χ2v) is 5.08. The van der Waals surface area contributed by atoms with Crippen LogP contribution in [0.5, 0.6) is 0 Å². The first-order valence-electron chi connectivity index (χ1n) is 6.29. The van der Waals surface area contributed by atoms with Gasteiger partial charge in [-0.15, -0.1) is 0 Å². The van der Waals surface area contributed by atoms with Crippen molar-refractivity contribution in [3.8, 4) is 0 Å². The summed E-state index contributed by atoms with van der Waals surface area (Å²) < 4.78 is 51.8. The fourth-order valence-electron chi connectivity index (χ4n) is 2.39. The van der Waals surface area contributed by atoms with Crippen molar-refractivity contribution in [2.24, 2.45) is 0 Å². The Morgan fingerprint density at radius 2 is 1.57 bits per heavy atom. The van der Waals surface area contributed by atoms with E-state index in [0.717, 1.165) is 12.1 Å². The van der Waals surface area contributed by atoms with Crippen molar-refractivity contribution < 1.29 is 22.7 Å². The second-order valence-electron chi connectivity index (χ2n) is 5.08. The van der Waals surface area contributed by atoms with Gasteiger partial charge in [-0.1, -0.05) is 24.3 Å². The van der Waals surface area contributed by atoms with E-state index in [4.69, 9.17) is 0 Å². The molecule has 0 fully saturated rings. The average Bonchev–Trinajstić information content (AvgIpc) is 2.37. The van der Waals surface area contributed by atoms with Crippen molar-refractivity contribution in [1.82, 2.24) is 0 Å². The first kappa shape index (κ1) is 15.5. The van der Waals surface area contributed by atoms with Crippen LogP contribution in [0.15, 0.2) is 42.5 Å². The second kappa shape index (κ2) is 5.15. The molecule has 1 atom stereocenters. The molecule has 0 heterocycles. The summed E-state index contributed by atoms with van der Waals surface area (Å²) in [6.07, 6.45) is -4.45. The highest BCUT2D eigenvalue weighted by Crippen LogP contribution is 2.36. The number of halogens is 4. The van der Waals surface area contributed by atoms with Crippen LogP contribution in [0, 0.1) is 12.7 Å². The van der Waals surface area contributed by atoms with Crippen LogP contribution >= 0.6 is 0 Å². The maximum absolute atomic E-state index is 13.8. The van der Waals surface area contributed by atoms with Crippen LogP contribution < -0.4 is 0 Å². The predicted octanol–water partition coefficient (Wildman–Crippen LogP) is 4.41. The van der Waals surface area contributed by atoms with Gasteiger partial charge in [0.15, 0.2) is 0 Å². The zero-order chi connectivity index (χ0) is 15.8. The highest BCUT2D eigenvalue weighted by Gasteiger charge is 2.34. The van der Waals surface area contributed by atoms with Gasteiger partial charge in [0.1, 0.15) is 11.4 Å². The predicted molar refractivity (Wildman–Crippen MR) is 71.3 cm³/mol. The monoisotopic (exact) mass is 298 g/mol. The molecule has 0 saturated carbocycles. The van der Waals surface area contributed by atoms with Gasteiger partial charge < -0.3 is 5.11 Å². The minimum Gasteiger partial charge on any atom is -0.381 e. The summed E-state index contributed by atoms with van der Waals surface area (Å²) in [4.78, 5) is 0. The van der Waals surface area contributed by atoms with E-state index in [9.17, 15) is 22.7 Å². The van der Waals surface area contributed by atoms with Crippen molar-refractivity contribution in [3.63, 3.8) is 0 Å². The molecule has 1 nitrogen and oxygen atoms in total. The lowest BCUT2D eigenvalue weighted by Gasteiger charge is -2.27. The molecule has 21 heavy (non-hydrogen) atoms. The fourth-order valence-corrected chi connectivity index (χ4v) is 2.39. The third kappa shape index (κ3) is 2.93. The molecule has 0 aliphatic heterocycles. The molecule has 0 aliphatic rings. The Labute approximate surface area is 119 Å². The Balaban J connectivity index is 2.54. The summed E-state index contributed by atoms with van der Waals surface area (Å²) in [6.45, 7) is 2.82. The molecular formula is C16H14F4O. The molecule has 0 radical (unpaired) electrons. The van der Waals surface area contributed by atoms with Gasteiger partial charge in [-0.05, 0) is 43.2 Å². The highest BCUT2D eigenvalue weighted by atomic mass is 19.4. The van der Waals surface area contributed by atoms with E-state index in [0.29, 0.717) is 0 Å². The lowest BCUT2D eigenvalue weighted by molar-refractivity contribution is -0.137. The van der Waals surface area contributed by atoms with Gasteiger partial charge in [-0.25, -0.2) is 4.39 Å². The molecular weight excluding hydrogens is 284 g/mol. The minimum absolute atomic E-state index is 0.0212. The van der Waals surface area contributed by atoms with Crippen molar-refractivity contribution >= 4 is 0 Å². The van der Waals surface area contributed by atoms with E-state index < -0.39 is 23.2 Å². The van der Waals surface area contributed by atoms with Gasteiger partial charge in [0.25, 0.3) is 0 Å². The minimum atomic E-state index is -4.45. The van der Waals surface area contributed by atoms with Gasteiger partial charge in [-0.2, -0.15) is 13.2 Å². The maximum Gasteiger partial charge on any atom is 0.416 e. The number of rotatable bonds is 2. The molecule has 2 aromatic rings. The first-order valence-corrected chi connectivity index (χ1v) is 6.29. The summed E-state index contributed by atoms with van der Waals surface area (Å²) in [7, 11) is 0. The molecule has 1 unspecified atom stereocenters. The maximum atomic E-state index is 13.8. The Bertz CT molecular complexity index is 660. The Morgan fingerprint density at radius 1 is 0.952 bits per heavy atom. The lowest BCUT2D eigenvalue weighted by Crippen LogP contribution is -2.25. The van der Waals surface area contributed by atoms with Crippen molar-refractivity contribution in [3.05, 3.63) is 70.5 Å². The van der Waals surface area contributed by atoms with Gasteiger partial charge in [-0.3, -0.25) is 0 Å². The van der Waals surface area contributed by atoms with Gasteiger partial charge >= 0.3 is 6.18 Å². The van der Waals surface area contributed by atoms with Crippen LogP contribution in [0.2, 0.25) is 0 Å². The zero-order valence-corrected chi connectivity index (χ0v) is 11.5. The summed E-state index contributed by atoms with van der Waals surface area (Å²) in [6, 6.07) is 8.67. The molecule has 0 saturated heterocycles. The first-order chi connectivity index (χ1) is 9.64. The zero-order valence-electron chi connectivity index (χ0n) is 11.5. The third-order valence-corrected chi connectivity index (χ3v) is 3.48. The molecule has 0 spiro atoms. The quantitative estimate of drug-likeness (QED) is 0.814. The number of aliphatic hydroxyl groups is 1. The Hall–Kier alpha value is -1.88. The number of alkyl halides is 3. The summed E-state index contributed by atoms with van der Waals surface area (Å²) >= 11 is 0. The molecule has 2 rings (SSSR count). The van der Waals surface area contributed by atoms with E-state index in [2.05, 4.69) is 0 Å². The lowest BCUT2D eigenvalue weighted by atomic mass is 9.84. The standard InChI is InChI=1S/C16H14F4O/c1-10-9-11(16(18,19)20)7-8-12(10)15(2,21)13-5-3-4-6-14(13)17/h3-9,21H,1-2H3. The number of aryl methyl sites for hydroxylation is 1. The van der Waals surface area contributed by atoms with Crippen LogP contribution in [-0.2, 0) is 11.8 Å². The van der Waals surface area contributed by atoms with E-state index in [1.54, 1.807) is 6.07 Å². The third-order valence-electron chi connectivity index (χ3n) is 3.48. The molecule has 0 aliphatic carbocycles. The highest BCUT2D eigenvalue weighted by molar-refractivity contribution is 5.42. The van der Waals surface area contributed by atoms with Crippen molar-refractivity contribution in [2.45, 2.75) is 25.6 Å². The molecule has 0 amide bonds. The van der Waals surface area contributed by atoms with E-state index >= 15 is 0 Å². The van der Waals surface area contributed by atoms with Gasteiger partial charge in [0.05, 0.1) is 5.56 Å².